The number of benzene rings is 1. The van der Waals surface area contributed by atoms with Crippen molar-refractivity contribution in [3.05, 3.63) is 28.8 Å². The first kappa shape index (κ1) is 15.8. The van der Waals surface area contributed by atoms with Crippen molar-refractivity contribution in [2.75, 3.05) is 6.61 Å². The van der Waals surface area contributed by atoms with E-state index < -0.39 is 0 Å². The van der Waals surface area contributed by atoms with E-state index in [-0.39, 0.29) is 12.0 Å². The Bertz CT molecular complexity index is 452. The fourth-order valence-corrected chi connectivity index (χ4v) is 1.96. The smallest absolute Gasteiger partial charge is 0.126 e. The number of ether oxygens (including phenoxy) is 1. The van der Waals surface area contributed by atoms with E-state index >= 15 is 0 Å². The number of halogens is 1. The van der Waals surface area contributed by atoms with Crippen LogP contribution in [0.2, 0.25) is 5.02 Å². The summed E-state index contributed by atoms with van der Waals surface area (Å²) >= 11 is 5.97. The van der Waals surface area contributed by atoms with Gasteiger partial charge in [-0.2, -0.15) is 5.26 Å². The van der Waals surface area contributed by atoms with E-state index in [9.17, 15) is 5.11 Å². The number of nitriles is 1. The Kier molecular flexibility index (Phi) is 6.14. The standard InChI is InChI=1S/C15H20ClNO2/c1-15(2,11-17)8-3-4-9-19-14-7-5-6-13(16)12(14)10-18/h5-7,18H,3-4,8-10H2,1-2H3. The maximum absolute atomic E-state index is 9.24. The van der Waals surface area contributed by atoms with Crippen LogP contribution in [0.15, 0.2) is 18.2 Å². The number of unbranched alkanes of at least 4 members (excludes halogenated alkanes) is 1. The molecule has 4 heteroatoms. The second-order valence-electron chi connectivity index (χ2n) is 5.18. The number of rotatable bonds is 7. The highest BCUT2D eigenvalue weighted by atomic mass is 35.5. The molecule has 104 valence electrons. The molecule has 0 bridgehead atoms. The summed E-state index contributed by atoms with van der Waals surface area (Å²) in [7, 11) is 0. The Morgan fingerprint density at radius 3 is 2.74 bits per heavy atom. The van der Waals surface area contributed by atoms with Crippen LogP contribution in [0.3, 0.4) is 0 Å². The van der Waals surface area contributed by atoms with Crippen LogP contribution in [0.25, 0.3) is 0 Å². The third-order valence-corrected chi connectivity index (χ3v) is 3.34. The van der Waals surface area contributed by atoms with Gasteiger partial charge in [0, 0.05) is 10.6 Å². The van der Waals surface area contributed by atoms with Gasteiger partial charge in [-0.25, -0.2) is 0 Å². The Labute approximate surface area is 119 Å². The molecule has 0 atom stereocenters. The fourth-order valence-electron chi connectivity index (χ4n) is 1.73. The molecule has 3 nitrogen and oxygen atoms in total. The SMILES string of the molecule is CC(C)(C#N)CCCCOc1cccc(Cl)c1CO. The molecule has 0 heterocycles. The molecule has 19 heavy (non-hydrogen) atoms. The third kappa shape index (κ3) is 5.10. The zero-order valence-electron chi connectivity index (χ0n) is 11.4. The first-order valence-electron chi connectivity index (χ1n) is 6.42. The molecule has 0 aliphatic rings. The van der Waals surface area contributed by atoms with Crippen LogP contribution < -0.4 is 4.74 Å². The number of hydrogen-bond donors (Lipinski definition) is 1. The fraction of sp³-hybridized carbons (Fsp3) is 0.533. The molecular weight excluding hydrogens is 262 g/mol. The molecule has 1 aromatic rings. The lowest BCUT2D eigenvalue weighted by Gasteiger charge is -2.15. The highest BCUT2D eigenvalue weighted by Crippen LogP contribution is 2.27. The molecule has 1 aromatic carbocycles. The number of aliphatic hydroxyl groups excluding tert-OH is 1. The highest BCUT2D eigenvalue weighted by Gasteiger charge is 2.15. The van der Waals surface area contributed by atoms with Gasteiger partial charge in [-0.05, 0) is 45.2 Å². The van der Waals surface area contributed by atoms with Gasteiger partial charge in [-0.15, -0.1) is 0 Å². The molecule has 0 saturated heterocycles. The Morgan fingerprint density at radius 1 is 1.37 bits per heavy atom. The monoisotopic (exact) mass is 281 g/mol. The predicted molar refractivity (Wildman–Crippen MR) is 76.1 cm³/mol. The number of aliphatic hydroxyl groups is 1. The van der Waals surface area contributed by atoms with Crippen molar-refractivity contribution < 1.29 is 9.84 Å². The van der Waals surface area contributed by atoms with Crippen molar-refractivity contribution in [2.24, 2.45) is 5.41 Å². The van der Waals surface area contributed by atoms with Gasteiger partial charge in [0.1, 0.15) is 5.75 Å². The first-order valence-corrected chi connectivity index (χ1v) is 6.80. The molecular formula is C15H20ClNO2. The second kappa shape index (κ2) is 7.37. The van der Waals surface area contributed by atoms with E-state index in [1.807, 2.05) is 13.8 Å². The van der Waals surface area contributed by atoms with Crippen LogP contribution in [-0.4, -0.2) is 11.7 Å². The van der Waals surface area contributed by atoms with Gasteiger partial charge in [-0.3, -0.25) is 0 Å². The third-order valence-electron chi connectivity index (χ3n) is 2.99. The van der Waals surface area contributed by atoms with Crippen LogP contribution in [0.5, 0.6) is 5.75 Å². The largest absolute Gasteiger partial charge is 0.493 e. The Balaban J connectivity index is 2.39. The molecule has 0 fully saturated rings. The normalized spacial score (nSPS) is 11.1. The van der Waals surface area contributed by atoms with Gasteiger partial charge in [0.2, 0.25) is 0 Å². The summed E-state index contributed by atoms with van der Waals surface area (Å²) in [6.45, 7) is 4.31. The summed E-state index contributed by atoms with van der Waals surface area (Å²) < 4.78 is 5.63. The molecule has 1 N–H and O–H groups in total. The average Bonchev–Trinajstić information content (AvgIpc) is 2.38. The molecule has 0 radical (unpaired) electrons. The summed E-state index contributed by atoms with van der Waals surface area (Å²) in [5, 5.41) is 18.7. The molecule has 0 aliphatic carbocycles. The molecule has 0 aromatic heterocycles. The van der Waals surface area contributed by atoms with Crippen molar-refractivity contribution in [1.82, 2.24) is 0 Å². The summed E-state index contributed by atoms with van der Waals surface area (Å²) in [5.41, 5.74) is 0.355. The van der Waals surface area contributed by atoms with E-state index in [4.69, 9.17) is 21.6 Å². The Hall–Kier alpha value is -1.24. The van der Waals surface area contributed by atoms with Crippen molar-refractivity contribution in [3.8, 4) is 11.8 Å². The van der Waals surface area contributed by atoms with E-state index in [2.05, 4.69) is 6.07 Å². The maximum Gasteiger partial charge on any atom is 0.126 e. The summed E-state index contributed by atoms with van der Waals surface area (Å²) in [6, 6.07) is 7.62. The molecule has 0 saturated carbocycles. The van der Waals surface area contributed by atoms with E-state index in [0.29, 0.717) is 22.9 Å². The van der Waals surface area contributed by atoms with Gasteiger partial charge in [0.05, 0.1) is 24.7 Å². The van der Waals surface area contributed by atoms with Gasteiger partial charge < -0.3 is 9.84 Å². The highest BCUT2D eigenvalue weighted by molar-refractivity contribution is 6.31. The number of nitrogens with zero attached hydrogens (tertiary/aromatic N) is 1. The van der Waals surface area contributed by atoms with Gasteiger partial charge in [0.25, 0.3) is 0 Å². The molecule has 0 aliphatic heterocycles. The quantitative estimate of drug-likeness (QED) is 0.771. The second-order valence-corrected chi connectivity index (χ2v) is 5.58. The van der Waals surface area contributed by atoms with Crippen molar-refractivity contribution in [2.45, 2.75) is 39.7 Å². The average molecular weight is 282 g/mol. The molecule has 1 rings (SSSR count). The van der Waals surface area contributed by atoms with Gasteiger partial charge in [0.15, 0.2) is 0 Å². The van der Waals surface area contributed by atoms with Crippen LogP contribution in [-0.2, 0) is 6.61 Å². The predicted octanol–water partition coefficient (Wildman–Crippen LogP) is 3.93. The van der Waals surface area contributed by atoms with Crippen molar-refractivity contribution >= 4 is 11.6 Å². The molecule has 0 amide bonds. The minimum absolute atomic E-state index is 0.129. The van der Waals surface area contributed by atoms with Crippen molar-refractivity contribution in [1.29, 1.82) is 5.26 Å². The molecule has 0 spiro atoms. The zero-order valence-corrected chi connectivity index (χ0v) is 12.2. The summed E-state index contributed by atoms with van der Waals surface area (Å²) in [6.07, 6.45) is 2.67. The first-order chi connectivity index (χ1) is 9.00. The maximum atomic E-state index is 9.24. The van der Waals surface area contributed by atoms with Crippen LogP contribution in [0.4, 0.5) is 0 Å². The zero-order chi connectivity index (χ0) is 14.3. The minimum Gasteiger partial charge on any atom is -0.493 e. The lowest BCUT2D eigenvalue weighted by molar-refractivity contribution is 0.258. The van der Waals surface area contributed by atoms with E-state index in [1.54, 1.807) is 18.2 Å². The lowest BCUT2D eigenvalue weighted by Crippen LogP contribution is -2.08. The summed E-state index contributed by atoms with van der Waals surface area (Å²) in [5.74, 6) is 0.634. The van der Waals surface area contributed by atoms with Gasteiger partial charge >= 0.3 is 0 Å². The topological polar surface area (TPSA) is 53.2 Å². The van der Waals surface area contributed by atoms with Crippen molar-refractivity contribution in [3.63, 3.8) is 0 Å². The van der Waals surface area contributed by atoms with E-state index in [1.165, 1.54) is 0 Å². The number of hydrogen-bond acceptors (Lipinski definition) is 3. The van der Waals surface area contributed by atoms with Crippen LogP contribution in [0, 0.1) is 16.7 Å². The minimum atomic E-state index is -0.272. The van der Waals surface area contributed by atoms with Gasteiger partial charge in [-0.1, -0.05) is 17.7 Å². The molecule has 0 unspecified atom stereocenters. The van der Waals surface area contributed by atoms with Crippen LogP contribution >= 0.6 is 11.6 Å². The van der Waals surface area contributed by atoms with E-state index in [0.717, 1.165) is 19.3 Å². The summed E-state index contributed by atoms with van der Waals surface area (Å²) in [4.78, 5) is 0. The van der Waals surface area contributed by atoms with Crippen LogP contribution in [0.1, 0.15) is 38.7 Å². The lowest BCUT2D eigenvalue weighted by atomic mass is 9.89. The Morgan fingerprint density at radius 2 is 2.11 bits per heavy atom.